The van der Waals surface area contributed by atoms with Crippen LogP contribution < -0.4 is 0 Å². The Morgan fingerprint density at radius 2 is 1.50 bits per heavy atom. The average molecular weight is 222 g/mol. The van der Waals surface area contributed by atoms with E-state index in [-0.39, 0.29) is 0 Å². The van der Waals surface area contributed by atoms with E-state index in [1.807, 2.05) is 44.2 Å². The molecule has 16 heavy (non-hydrogen) atoms. The van der Waals surface area contributed by atoms with E-state index in [4.69, 9.17) is 0 Å². The maximum absolute atomic E-state index is 3.57. The molecule has 0 fully saturated rings. The molecular formula is C16H30. The zero-order valence-corrected chi connectivity index (χ0v) is 11.7. The summed E-state index contributed by atoms with van der Waals surface area (Å²) in [5.74, 6) is 0. The lowest BCUT2D eigenvalue weighted by Crippen LogP contribution is -1.64. The minimum atomic E-state index is 1.08. The highest BCUT2D eigenvalue weighted by Gasteiger charge is 1.73. The molecule has 0 rings (SSSR count). The number of hydrogen-bond donors (Lipinski definition) is 0. The Morgan fingerprint density at radius 1 is 1.00 bits per heavy atom. The summed E-state index contributed by atoms with van der Waals surface area (Å²) in [5, 5.41) is 0. The predicted molar refractivity (Wildman–Crippen MR) is 79.8 cm³/mol. The van der Waals surface area contributed by atoms with Gasteiger partial charge in [0.1, 0.15) is 0 Å². The van der Waals surface area contributed by atoms with E-state index in [0.29, 0.717) is 0 Å². The van der Waals surface area contributed by atoms with Gasteiger partial charge in [-0.2, -0.15) is 0 Å². The van der Waals surface area contributed by atoms with E-state index < -0.39 is 0 Å². The normalized spacial score (nSPS) is 9.00. The molecule has 0 saturated carbocycles. The summed E-state index contributed by atoms with van der Waals surface area (Å²) in [6, 6.07) is 0. The standard InChI is InChI=1S/C8H14.2C4H8/c1-3-5-7-8-6-4-2;2*1-3-4-2/h3,5,7H,1,4,6,8H2,2H3;3-4H,1-2H3;3H,1,4H2,2H3/b7-5+;4-3+;. The highest BCUT2D eigenvalue weighted by Crippen LogP contribution is 1.93. The molecule has 0 heteroatoms. The number of hydrogen-bond acceptors (Lipinski definition) is 0. The molecule has 94 valence electrons. The Kier molecular flexibility index (Phi) is 37.2. The van der Waals surface area contributed by atoms with Crippen molar-refractivity contribution in [3.8, 4) is 0 Å². The highest BCUT2D eigenvalue weighted by atomic mass is 13.8. The molecule has 0 aliphatic rings. The van der Waals surface area contributed by atoms with Gasteiger partial charge in [-0.15, -0.1) is 6.58 Å². The summed E-state index contributed by atoms with van der Waals surface area (Å²) < 4.78 is 0. The SMILES string of the molecule is C/C=C/C.C=C/C=C/CCCC.C=CCC. The molecule has 0 unspecified atom stereocenters. The Bertz CT molecular complexity index is 157. The Morgan fingerprint density at radius 3 is 1.75 bits per heavy atom. The average Bonchev–Trinajstić information content (AvgIpc) is 2.35. The van der Waals surface area contributed by atoms with Crippen molar-refractivity contribution in [3.63, 3.8) is 0 Å². The fourth-order valence-electron chi connectivity index (χ4n) is 0.514. The minimum Gasteiger partial charge on any atom is -0.103 e. The zero-order valence-electron chi connectivity index (χ0n) is 11.7. The minimum absolute atomic E-state index is 1.08. The topological polar surface area (TPSA) is 0 Å². The zero-order chi connectivity index (χ0) is 13.1. The molecule has 0 aromatic rings. The first-order valence-electron chi connectivity index (χ1n) is 6.20. The highest BCUT2D eigenvalue weighted by molar-refractivity contribution is 4.96. The van der Waals surface area contributed by atoms with Crippen LogP contribution >= 0.6 is 0 Å². The second kappa shape index (κ2) is 29.2. The van der Waals surface area contributed by atoms with E-state index >= 15 is 0 Å². The van der Waals surface area contributed by atoms with Gasteiger partial charge in [-0.05, 0) is 26.7 Å². The van der Waals surface area contributed by atoms with Gasteiger partial charge in [0.25, 0.3) is 0 Å². The van der Waals surface area contributed by atoms with Crippen molar-refractivity contribution in [2.24, 2.45) is 0 Å². The van der Waals surface area contributed by atoms with Gasteiger partial charge >= 0.3 is 0 Å². The van der Waals surface area contributed by atoms with Gasteiger partial charge in [-0.25, -0.2) is 0 Å². The van der Waals surface area contributed by atoms with Crippen LogP contribution in [0.4, 0.5) is 0 Å². The Hall–Kier alpha value is -1.04. The summed E-state index contributed by atoms with van der Waals surface area (Å²) in [7, 11) is 0. The van der Waals surface area contributed by atoms with Crippen molar-refractivity contribution in [1.82, 2.24) is 0 Å². The molecule has 0 N–H and O–H groups in total. The Labute approximate surface area is 103 Å². The van der Waals surface area contributed by atoms with Gasteiger partial charge in [0.05, 0.1) is 0 Å². The summed E-state index contributed by atoms with van der Waals surface area (Å²) in [6.07, 6.45) is 16.7. The van der Waals surface area contributed by atoms with E-state index in [9.17, 15) is 0 Å². The van der Waals surface area contributed by atoms with E-state index in [1.165, 1.54) is 19.3 Å². The van der Waals surface area contributed by atoms with Gasteiger partial charge in [0.15, 0.2) is 0 Å². The third-order valence-electron chi connectivity index (χ3n) is 1.62. The quantitative estimate of drug-likeness (QED) is 0.300. The molecule has 0 aliphatic carbocycles. The van der Waals surface area contributed by atoms with Crippen LogP contribution in [0.2, 0.25) is 0 Å². The monoisotopic (exact) mass is 222 g/mol. The second-order valence-corrected chi connectivity index (χ2v) is 3.17. The third-order valence-corrected chi connectivity index (χ3v) is 1.62. The van der Waals surface area contributed by atoms with Crippen LogP contribution in [0.5, 0.6) is 0 Å². The lowest BCUT2D eigenvalue weighted by atomic mass is 10.2. The molecule has 0 atom stereocenters. The lowest BCUT2D eigenvalue weighted by Gasteiger charge is -1.84. The van der Waals surface area contributed by atoms with Crippen LogP contribution in [-0.2, 0) is 0 Å². The first-order chi connectivity index (χ1) is 7.74. The van der Waals surface area contributed by atoms with Crippen molar-refractivity contribution >= 4 is 0 Å². The maximum atomic E-state index is 3.57. The van der Waals surface area contributed by atoms with E-state index in [1.54, 1.807) is 0 Å². The van der Waals surface area contributed by atoms with Crippen molar-refractivity contribution in [2.75, 3.05) is 0 Å². The summed E-state index contributed by atoms with van der Waals surface area (Å²) >= 11 is 0. The lowest BCUT2D eigenvalue weighted by molar-refractivity contribution is 0.815. The Balaban J connectivity index is -0.000000179. The number of unbranched alkanes of at least 4 members (excludes halogenated alkanes) is 2. The molecule has 0 aromatic heterocycles. The van der Waals surface area contributed by atoms with Crippen LogP contribution in [0.1, 0.15) is 53.4 Å². The molecular weight excluding hydrogens is 192 g/mol. The van der Waals surface area contributed by atoms with Crippen LogP contribution in [-0.4, -0.2) is 0 Å². The molecule has 0 aliphatic heterocycles. The molecule has 0 nitrogen and oxygen atoms in total. The summed E-state index contributed by atoms with van der Waals surface area (Å²) in [5.41, 5.74) is 0. The first kappa shape index (κ1) is 20.4. The van der Waals surface area contributed by atoms with Crippen LogP contribution in [0.3, 0.4) is 0 Å². The fourth-order valence-corrected chi connectivity index (χ4v) is 0.514. The summed E-state index contributed by atoms with van der Waals surface area (Å²) in [4.78, 5) is 0. The largest absolute Gasteiger partial charge is 0.103 e. The van der Waals surface area contributed by atoms with E-state index in [0.717, 1.165) is 6.42 Å². The molecule has 0 spiro atoms. The number of rotatable bonds is 5. The van der Waals surface area contributed by atoms with Crippen molar-refractivity contribution < 1.29 is 0 Å². The summed E-state index contributed by atoms with van der Waals surface area (Å²) in [6.45, 7) is 15.3. The van der Waals surface area contributed by atoms with Crippen molar-refractivity contribution in [3.05, 3.63) is 49.6 Å². The molecule has 0 amide bonds. The predicted octanol–water partition coefficient (Wildman–Crippen LogP) is 6.08. The molecule has 0 saturated heterocycles. The molecule has 0 heterocycles. The van der Waals surface area contributed by atoms with Crippen molar-refractivity contribution in [2.45, 2.75) is 53.4 Å². The van der Waals surface area contributed by atoms with Gasteiger partial charge in [-0.3, -0.25) is 0 Å². The maximum Gasteiger partial charge on any atom is -0.0348 e. The third kappa shape index (κ3) is 52.2. The van der Waals surface area contributed by atoms with Crippen LogP contribution in [0.25, 0.3) is 0 Å². The molecule has 0 radical (unpaired) electrons. The van der Waals surface area contributed by atoms with Crippen LogP contribution in [0, 0.1) is 0 Å². The van der Waals surface area contributed by atoms with Crippen LogP contribution in [0.15, 0.2) is 49.6 Å². The molecule has 0 aromatic carbocycles. The number of allylic oxidation sites excluding steroid dienone is 6. The van der Waals surface area contributed by atoms with Gasteiger partial charge < -0.3 is 0 Å². The van der Waals surface area contributed by atoms with Gasteiger partial charge in [0.2, 0.25) is 0 Å². The fraction of sp³-hybridized carbons (Fsp3) is 0.500. The smallest absolute Gasteiger partial charge is 0.0348 e. The van der Waals surface area contributed by atoms with Gasteiger partial charge in [-0.1, -0.05) is 69.7 Å². The van der Waals surface area contributed by atoms with Gasteiger partial charge in [0, 0.05) is 0 Å². The first-order valence-corrected chi connectivity index (χ1v) is 6.20. The molecule has 0 bridgehead atoms. The van der Waals surface area contributed by atoms with E-state index in [2.05, 4.69) is 33.1 Å². The van der Waals surface area contributed by atoms with Crippen molar-refractivity contribution in [1.29, 1.82) is 0 Å². The second-order valence-electron chi connectivity index (χ2n) is 3.17.